The number of hydrogen-bond acceptors (Lipinski definition) is 2. The van der Waals surface area contributed by atoms with Crippen LogP contribution in [0.1, 0.15) is 12.8 Å². The summed E-state index contributed by atoms with van der Waals surface area (Å²) in [7, 11) is 0. The van der Waals surface area contributed by atoms with E-state index >= 15 is 0 Å². The van der Waals surface area contributed by atoms with Crippen molar-refractivity contribution in [3.8, 4) is 5.75 Å². The minimum absolute atomic E-state index is 0.430. The lowest BCUT2D eigenvalue weighted by molar-refractivity contribution is 0.303. The number of halogens is 1. The first-order valence-electron chi connectivity index (χ1n) is 5.04. The molecule has 0 spiro atoms. The average molecular weight is 220 g/mol. The van der Waals surface area contributed by atoms with Crippen molar-refractivity contribution >= 4 is 22.4 Å². The molecular formula is C12H10ClNO. The average Bonchev–Trinajstić information content (AvgIpc) is 3.02. The summed E-state index contributed by atoms with van der Waals surface area (Å²) in [6.45, 7) is 0. The molecule has 3 rings (SSSR count). The van der Waals surface area contributed by atoms with E-state index in [0.717, 1.165) is 16.5 Å². The molecule has 1 aromatic carbocycles. The van der Waals surface area contributed by atoms with Gasteiger partial charge in [0, 0.05) is 11.6 Å². The highest BCUT2D eigenvalue weighted by molar-refractivity contribution is 6.34. The van der Waals surface area contributed by atoms with E-state index in [0.29, 0.717) is 11.3 Å². The maximum absolute atomic E-state index is 5.98. The Kier molecular flexibility index (Phi) is 2.03. The van der Waals surface area contributed by atoms with Gasteiger partial charge >= 0.3 is 0 Å². The van der Waals surface area contributed by atoms with Crippen molar-refractivity contribution in [3.05, 3.63) is 35.6 Å². The molecule has 1 saturated carbocycles. The summed E-state index contributed by atoms with van der Waals surface area (Å²) in [6.07, 6.45) is 4.50. The van der Waals surface area contributed by atoms with Gasteiger partial charge in [-0.15, -0.1) is 0 Å². The molecular weight excluding hydrogens is 210 g/mol. The van der Waals surface area contributed by atoms with Gasteiger partial charge in [0.25, 0.3) is 0 Å². The molecule has 1 fully saturated rings. The van der Waals surface area contributed by atoms with E-state index in [9.17, 15) is 0 Å². The van der Waals surface area contributed by atoms with Gasteiger partial charge in [-0.3, -0.25) is 0 Å². The number of pyridine rings is 1. The quantitative estimate of drug-likeness (QED) is 0.722. The van der Waals surface area contributed by atoms with E-state index in [2.05, 4.69) is 4.98 Å². The highest BCUT2D eigenvalue weighted by Crippen LogP contribution is 2.30. The third-order valence-corrected chi connectivity index (χ3v) is 2.82. The fraction of sp³-hybridized carbons (Fsp3) is 0.250. The zero-order valence-corrected chi connectivity index (χ0v) is 8.87. The number of nitrogens with zero attached hydrogens (tertiary/aromatic N) is 1. The lowest BCUT2D eigenvalue weighted by Crippen LogP contribution is -1.95. The number of fused-ring (bicyclic) bond motifs is 1. The molecule has 0 radical (unpaired) electrons. The van der Waals surface area contributed by atoms with Crippen molar-refractivity contribution in [3.63, 3.8) is 0 Å². The SMILES string of the molecule is Clc1nccc2cc(OC3CC3)ccc12. The molecule has 15 heavy (non-hydrogen) atoms. The molecule has 1 aliphatic carbocycles. The van der Waals surface area contributed by atoms with Crippen LogP contribution in [0.4, 0.5) is 0 Å². The topological polar surface area (TPSA) is 22.1 Å². The van der Waals surface area contributed by atoms with Gasteiger partial charge in [0.15, 0.2) is 0 Å². The molecule has 1 aromatic heterocycles. The molecule has 3 heteroatoms. The Labute approximate surface area is 92.8 Å². The molecule has 0 bridgehead atoms. The molecule has 0 unspecified atom stereocenters. The highest BCUT2D eigenvalue weighted by Gasteiger charge is 2.23. The van der Waals surface area contributed by atoms with Crippen LogP contribution in [-0.2, 0) is 0 Å². The Morgan fingerprint density at radius 1 is 1.27 bits per heavy atom. The van der Waals surface area contributed by atoms with Crippen molar-refractivity contribution in [1.29, 1.82) is 0 Å². The second-order valence-corrected chi connectivity index (χ2v) is 4.16. The first kappa shape index (κ1) is 8.98. The van der Waals surface area contributed by atoms with Crippen molar-refractivity contribution in [1.82, 2.24) is 4.98 Å². The van der Waals surface area contributed by atoms with Crippen molar-refractivity contribution in [2.45, 2.75) is 18.9 Å². The largest absolute Gasteiger partial charge is 0.490 e. The van der Waals surface area contributed by atoms with Gasteiger partial charge in [0.05, 0.1) is 6.10 Å². The van der Waals surface area contributed by atoms with E-state index < -0.39 is 0 Å². The summed E-state index contributed by atoms with van der Waals surface area (Å²) in [5.41, 5.74) is 0. The van der Waals surface area contributed by atoms with E-state index in [-0.39, 0.29) is 0 Å². The minimum atomic E-state index is 0.430. The van der Waals surface area contributed by atoms with Crippen LogP contribution < -0.4 is 4.74 Å². The molecule has 76 valence electrons. The fourth-order valence-electron chi connectivity index (χ4n) is 1.57. The van der Waals surface area contributed by atoms with Crippen LogP contribution >= 0.6 is 11.6 Å². The Bertz CT molecular complexity index is 508. The molecule has 2 nitrogen and oxygen atoms in total. The van der Waals surface area contributed by atoms with Crippen LogP contribution in [0.25, 0.3) is 10.8 Å². The molecule has 0 atom stereocenters. The minimum Gasteiger partial charge on any atom is -0.490 e. The van der Waals surface area contributed by atoms with E-state index in [4.69, 9.17) is 16.3 Å². The van der Waals surface area contributed by atoms with Gasteiger partial charge in [-0.1, -0.05) is 11.6 Å². The molecule has 1 aliphatic rings. The normalized spacial score (nSPS) is 15.5. The maximum atomic E-state index is 5.98. The Balaban J connectivity index is 2.05. The van der Waals surface area contributed by atoms with Crippen molar-refractivity contribution in [2.75, 3.05) is 0 Å². The summed E-state index contributed by atoms with van der Waals surface area (Å²) in [4.78, 5) is 4.03. The van der Waals surface area contributed by atoms with Crippen LogP contribution in [0.3, 0.4) is 0 Å². The Hall–Kier alpha value is -1.28. The standard InChI is InChI=1S/C12H10ClNO/c13-12-11-4-3-10(15-9-1-2-9)7-8(11)5-6-14-12/h3-7,9H,1-2H2. The van der Waals surface area contributed by atoms with E-state index in [1.165, 1.54) is 12.8 Å². The van der Waals surface area contributed by atoms with Gasteiger partial charge in [0.2, 0.25) is 0 Å². The highest BCUT2D eigenvalue weighted by atomic mass is 35.5. The smallest absolute Gasteiger partial charge is 0.136 e. The maximum Gasteiger partial charge on any atom is 0.136 e. The summed E-state index contributed by atoms with van der Waals surface area (Å²) < 4.78 is 5.71. The van der Waals surface area contributed by atoms with Crippen molar-refractivity contribution < 1.29 is 4.74 Å². The molecule has 0 saturated heterocycles. The first-order valence-corrected chi connectivity index (χ1v) is 5.42. The van der Waals surface area contributed by atoms with Gasteiger partial charge in [-0.2, -0.15) is 0 Å². The molecule has 0 N–H and O–H groups in total. The van der Waals surface area contributed by atoms with Gasteiger partial charge in [-0.05, 0) is 42.5 Å². The van der Waals surface area contributed by atoms with Gasteiger partial charge in [-0.25, -0.2) is 4.98 Å². The summed E-state index contributed by atoms with van der Waals surface area (Å²) in [5.74, 6) is 0.923. The van der Waals surface area contributed by atoms with E-state index in [1.807, 2.05) is 24.3 Å². The summed E-state index contributed by atoms with van der Waals surface area (Å²) in [6, 6.07) is 7.87. The predicted molar refractivity (Wildman–Crippen MR) is 60.4 cm³/mol. The molecule has 2 aromatic rings. The lowest BCUT2D eigenvalue weighted by Gasteiger charge is -2.05. The Morgan fingerprint density at radius 2 is 2.13 bits per heavy atom. The monoisotopic (exact) mass is 219 g/mol. The fourth-order valence-corrected chi connectivity index (χ4v) is 1.80. The number of benzene rings is 1. The van der Waals surface area contributed by atoms with Crippen LogP contribution in [0.15, 0.2) is 30.5 Å². The lowest BCUT2D eigenvalue weighted by atomic mass is 10.2. The summed E-state index contributed by atoms with van der Waals surface area (Å²) in [5, 5.41) is 2.60. The number of rotatable bonds is 2. The van der Waals surface area contributed by atoms with Crippen LogP contribution in [0, 0.1) is 0 Å². The molecule has 0 amide bonds. The molecule has 1 heterocycles. The number of aromatic nitrogens is 1. The second kappa shape index (κ2) is 3.38. The van der Waals surface area contributed by atoms with E-state index in [1.54, 1.807) is 6.20 Å². The van der Waals surface area contributed by atoms with Gasteiger partial charge in [0.1, 0.15) is 10.9 Å². The number of ether oxygens (including phenoxy) is 1. The third-order valence-electron chi connectivity index (χ3n) is 2.51. The zero-order valence-electron chi connectivity index (χ0n) is 8.11. The second-order valence-electron chi connectivity index (χ2n) is 3.80. The first-order chi connectivity index (χ1) is 7.33. The number of hydrogen-bond donors (Lipinski definition) is 0. The summed E-state index contributed by atoms with van der Waals surface area (Å²) >= 11 is 5.98. The van der Waals surface area contributed by atoms with Crippen LogP contribution in [0.2, 0.25) is 5.15 Å². The predicted octanol–water partition coefficient (Wildman–Crippen LogP) is 3.43. The Morgan fingerprint density at radius 3 is 2.93 bits per heavy atom. The van der Waals surface area contributed by atoms with Crippen molar-refractivity contribution in [2.24, 2.45) is 0 Å². The molecule has 0 aliphatic heterocycles. The van der Waals surface area contributed by atoms with Crippen LogP contribution in [0.5, 0.6) is 5.75 Å². The van der Waals surface area contributed by atoms with Crippen LogP contribution in [-0.4, -0.2) is 11.1 Å². The zero-order chi connectivity index (χ0) is 10.3. The van der Waals surface area contributed by atoms with Gasteiger partial charge < -0.3 is 4.74 Å². The third kappa shape index (κ3) is 1.77.